The number of ether oxygens (including phenoxy) is 5. The summed E-state index contributed by atoms with van der Waals surface area (Å²) in [5.41, 5.74) is 3.88. The molecule has 248 valence electrons. The summed E-state index contributed by atoms with van der Waals surface area (Å²) < 4.78 is 58.8. The molecule has 10 nitrogen and oxygen atoms in total. The quantitative estimate of drug-likeness (QED) is 0.172. The molecule has 0 bridgehead atoms. The van der Waals surface area contributed by atoms with Gasteiger partial charge in [-0.25, -0.2) is 8.42 Å². The van der Waals surface area contributed by atoms with Crippen LogP contribution in [0.1, 0.15) is 35.4 Å². The van der Waals surface area contributed by atoms with Gasteiger partial charge in [0.25, 0.3) is 0 Å². The number of fused-ring (bicyclic) bond motifs is 1. The van der Waals surface area contributed by atoms with Gasteiger partial charge in [0.15, 0.2) is 0 Å². The first-order valence-electron chi connectivity index (χ1n) is 15.7. The van der Waals surface area contributed by atoms with Crippen molar-refractivity contribution in [2.45, 2.75) is 49.4 Å². The highest BCUT2D eigenvalue weighted by Gasteiger charge is 2.43. The highest BCUT2D eigenvalue weighted by molar-refractivity contribution is 7.89. The molecule has 3 aromatic carbocycles. The number of anilines is 1. The van der Waals surface area contributed by atoms with Crippen molar-refractivity contribution in [3.63, 3.8) is 0 Å². The van der Waals surface area contributed by atoms with Crippen molar-refractivity contribution in [3.8, 4) is 11.5 Å². The third-order valence-corrected chi connectivity index (χ3v) is 10.4. The van der Waals surface area contributed by atoms with Crippen LogP contribution < -0.4 is 14.4 Å². The summed E-state index contributed by atoms with van der Waals surface area (Å²) in [7, 11) is -0.534. The third kappa shape index (κ3) is 8.08. The second-order valence-corrected chi connectivity index (χ2v) is 13.6. The molecule has 1 saturated heterocycles. The summed E-state index contributed by atoms with van der Waals surface area (Å²) in [4.78, 5) is 13.7. The summed E-state index contributed by atoms with van der Waals surface area (Å²) >= 11 is 0. The predicted molar refractivity (Wildman–Crippen MR) is 175 cm³/mol. The summed E-state index contributed by atoms with van der Waals surface area (Å²) in [6.45, 7) is 5.56. The van der Waals surface area contributed by atoms with Gasteiger partial charge in [-0.2, -0.15) is 4.31 Å². The summed E-state index contributed by atoms with van der Waals surface area (Å²) in [5, 5.41) is 0. The molecular weight excluding hydrogens is 608 g/mol. The molecule has 0 saturated carbocycles. The molecule has 0 aliphatic carbocycles. The van der Waals surface area contributed by atoms with Crippen LogP contribution in [-0.4, -0.2) is 91.4 Å². The van der Waals surface area contributed by atoms with Crippen molar-refractivity contribution in [1.29, 1.82) is 0 Å². The van der Waals surface area contributed by atoms with Gasteiger partial charge in [0.2, 0.25) is 10.0 Å². The van der Waals surface area contributed by atoms with Crippen molar-refractivity contribution < 1.29 is 36.9 Å². The molecule has 2 aliphatic heterocycles. The van der Waals surface area contributed by atoms with E-state index in [2.05, 4.69) is 11.0 Å². The number of rotatable bonds is 15. The minimum absolute atomic E-state index is 0.123. The number of hydrogen-bond acceptors (Lipinski definition) is 9. The van der Waals surface area contributed by atoms with E-state index >= 15 is 0 Å². The lowest BCUT2D eigenvalue weighted by molar-refractivity contribution is -0.111. The Hall–Kier alpha value is -3.48. The van der Waals surface area contributed by atoms with Crippen LogP contribution in [0.15, 0.2) is 71.6 Å². The molecule has 11 heteroatoms. The smallest absolute Gasteiger partial charge is 0.243 e. The fourth-order valence-electron chi connectivity index (χ4n) is 6.08. The highest BCUT2D eigenvalue weighted by Crippen LogP contribution is 2.37. The Labute approximate surface area is 272 Å². The number of piperidine rings is 1. The first-order chi connectivity index (χ1) is 22.3. The minimum atomic E-state index is -3.85. The van der Waals surface area contributed by atoms with Crippen LogP contribution in [0.5, 0.6) is 11.5 Å². The van der Waals surface area contributed by atoms with E-state index in [1.165, 1.54) is 4.31 Å². The molecule has 0 N–H and O–H groups in total. The zero-order valence-corrected chi connectivity index (χ0v) is 27.6. The van der Waals surface area contributed by atoms with Crippen molar-refractivity contribution >= 4 is 22.0 Å². The number of carbonyl (C=O) groups excluding carboxylic acids is 1. The van der Waals surface area contributed by atoms with Crippen LogP contribution in [0.3, 0.4) is 0 Å². The number of hydrogen-bond donors (Lipinski definition) is 0. The average Bonchev–Trinajstić information content (AvgIpc) is 3.07. The number of carbonyl (C=O) groups is 1. The molecule has 3 aromatic rings. The Morgan fingerprint density at radius 2 is 1.67 bits per heavy atom. The zero-order valence-electron chi connectivity index (χ0n) is 26.8. The van der Waals surface area contributed by atoms with Gasteiger partial charge in [-0.15, -0.1) is 0 Å². The van der Waals surface area contributed by atoms with E-state index in [0.29, 0.717) is 19.0 Å². The maximum atomic E-state index is 13.9. The number of sulfonamides is 1. The maximum absolute atomic E-state index is 13.9. The first-order valence-corrected chi connectivity index (χ1v) is 17.1. The zero-order chi connectivity index (χ0) is 32.5. The molecule has 0 radical (unpaired) electrons. The largest absolute Gasteiger partial charge is 0.497 e. The Balaban J connectivity index is 1.45. The van der Waals surface area contributed by atoms with Crippen LogP contribution in [0.4, 0.5) is 5.69 Å². The van der Waals surface area contributed by atoms with Gasteiger partial charge in [-0.3, -0.25) is 0 Å². The number of nitrogens with zero attached hydrogens (tertiary/aromatic N) is 2. The lowest BCUT2D eigenvalue weighted by Crippen LogP contribution is -2.54. The van der Waals surface area contributed by atoms with Crippen LogP contribution in [0, 0.1) is 6.92 Å². The second kappa shape index (κ2) is 15.9. The lowest BCUT2D eigenvalue weighted by Gasteiger charge is -2.43. The van der Waals surface area contributed by atoms with Gasteiger partial charge in [0.1, 0.15) is 24.4 Å². The Morgan fingerprint density at radius 3 is 2.37 bits per heavy atom. The topological polar surface area (TPSA) is 104 Å². The standard InChI is InChI=1S/C35H44N2O8S/c1-26-6-13-30(14-7-26)46(39,40)37-23-33(43-20-5-18-38)35(28-9-11-29(42-3)12-10-28)34(24-37)45-25-27-8-15-32-31(22-27)36(17-21-44-32)16-4-19-41-2/h6-15,18,22,33-35H,4-5,16-17,19-21,23-25H2,1-3H3/t33-,34+,35+/m1/s1. The van der Waals surface area contributed by atoms with Crippen molar-refractivity contribution in [1.82, 2.24) is 4.31 Å². The monoisotopic (exact) mass is 652 g/mol. The van der Waals surface area contributed by atoms with Crippen molar-refractivity contribution in [2.75, 3.05) is 65.1 Å². The molecule has 1 fully saturated rings. The average molecular weight is 653 g/mol. The minimum Gasteiger partial charge on any atom is -0.497 e. The van der Waals surface area contributed by atoms with Gasteiger partial charge in [0, 0.05) is 45.7 Å². The lowest BCUT2D eigenvalue weighted by atomic mass is 9.85. The Morgan fingerprint density at radius 1 is 0.935 bits per heavy atom. The van der Waals surface area contributed by atoms with Crippen LogP contribution >= 0.6 is 0 Å². The molecular formula is C35H44N2O8S. The van der Waals surface area contributed by atoms with Gasteiger partial charge in [-0.05, 0) is 60.9 Å². The van der Waals surface area contributed by atoms with E-state index in [0.717, 1.165) is 53.9 Å². The van der Waals surface area contributed by atoms with Gasteiger partial charge in [0.05, 0.1) is 49.7 Å². The predicted octanol–water partition coefficient (Wildman–Crippen LogP) is 4.59. The van der Waals surface area contributed by atoms with Gasteiger partial charge in [-0.1, -0.05) is 35.9 Å². The molecule has 0 spiro atoms. The number of aryl methyl sites for hydroxylation is 1. The van der Waals surface area contributed by atoms with Gasteiger partial charge >= 0.3 is 0 Å². The second-order valence-electron chi connectivity index (χ2n) is 11.6. The van der Waals surface area contributed by atoms with E-state index in [-0.39, 0.29) is 43.5 Å². The van der Waals surface area contributed by atoms with Crippen LogP contribution in [0.2, 0.25) is 0 Å². The number of aldehydes is 1. The van der Waals surface area contributed by atoms with E-state index in [1.54, 1.807) is 38.5 Å². The summed E-state index contributed by atoms with van der Waals surface area (Å²) in [6, 6.07) is 20.6. The normalized spacial score (nSPS) is 20.2. The van der Waals surface area contributed by atoms with E-state index in [4.69, 9.17) is 23.7 Å². The highest BCUT2D eigenvalue weighted by atomic mass is 32.2. The molecule has 3 atom stereocenters. The van der Waals surface area contributed by atoms with Crippen molar-refractivity contribution in [2.24, 2.45) is 0 Å². The maximum Gasteiger partial charge on any atom is 0.243 e. The molecule has 2 heterocycles. The third-order valence-electron chi connectivity index (χ3n) is 8.52. The van der Waals surface area contributed by atoms with Gasteiger partial charge < -0.3 is 33.4 Å². The van der Waals surface area contributed by atoms with E-state index in [1.807, 2.05) is 43.3 Å². The van der Waals surface area contributed by atoms with Crippen LogP contribution in [-0.2, 0) is 35.6 Å². The summed E-state index contributed by atoms with van der Waals surface area (Å²) in [6.07, 6.45) is 0.812. The number of methoxy groups -OCH3 is 2. The summed E-state index contributed by atoms with van der Waals surface area (Å²) in [5.74, 6) is 1.25. The van der Waals surface area contributed by atoms with E-state index < -0.39 is 22.2 Å². The molecule has 0 aromatic heterocycles. The SMILES string of the molecule is COCCCN1CCOc2ccc(CO[C@H]3CN(S(=O)(=O)c4ccc(C)cc4)C[C@@H](OCCC=O)[C@@H]3c3ccc(OC)cc3)cc21. The van der Waals surface area contributed by atoms with E-state index in [9.17, 15) is 13.2 Å². The Bertz CT molecular complexity index is 1530. The fraction of sp³-hybridized carbons (Fsp3) is 0.457. The molecule has 5 rings (SSSR count). The molecule has 46 heavy (non-hydrogen) atoms. The van der Waals surface area contributed by atoms with Crippen LogP contribution in [0.25, 0.3) is 0 Å². The molecule has 0 unspecified atom stereocenters. The Kier molecular flexibility index (Phi) is 11.7. The fourth-order valence-corrected chi connectivity index (χ4v) is 7.54. The van der Waals surface area contributed by atoms with Crippen molar-refractivity contribution in [3.05, 3.63) is 83.4 Å². The molecule has 0 amide bonds. The number of benzene rings is 3. The molecule has 2 aliphatic rings. The first kappa shape index (κ1) is 33.9.